The number of hydrogen-bond donors (Lipinski definition) is 4. The SMILES string of the molecule is CCN(C)C1CCN(C(=O)c2ccc(Cn3c(-c4ccccc4)nc4ccccc43)cc2)C1.CS(=O)(=O)OC1CCN(C(=O)c2ccc(Cn3c(-c4ccccc4)nc4ccccc43)cc2)C1.O=C(O)c1ccc(Cn2c(-c3ccccc3)nc3ccccc32)cc1.O=C(c1ccc(Cn2c(-c3ccccc3)nc3ccccc32)cc1)N1CCC(O)C1.OC1CCNC1. The molecule has 4 aliphatic heterocycles. The average Bonchev–Trinajstić information content (AvgIpc) is 1.65. The maximum Gasteiger partial charge on any atom is 0.335 e. The van der Waals surface area contributed by atoms with E-state index in [1.54, 1.807) is 21.9 Å². The van der Waals surface area contributed by atoms with Crippen molar-refractivity contribution in [2.75, 3.05) is 72.2 Å². The molecule has 0 aliphatic carbocycles. The van der Waals surface area contributed by atoms with Crippen LogP contribution in [0.3, 0.4) is 0 Å². The number of likely N-dealkylation sites (tertiary alicyclic amines) is 3. The van der Waals surface area contributed by atoms with Crippen molar-refractivity contribution in [3.05, 3.63) is 360 Å². The first-order valence-electron chi connectivity index (χ1n) is 43.5. The number of amides is 3. The molecule has 4 fully saturated rings. The molecule has 4 saturated heterocycles. The molecule has 4 unspecified atom stereocenters. The van der Waals surface area contributed by atoms with E-state index in [1.165, 1.54) is 0 Å². The fourth-order valence-corrected chi connectivity index (χ4v) is 17.5. The molecule has 128 heavy (non-hydrogen) atoms. The van der Waals surface area contributed by atoms with E-state index < -0.39 is 28.3 Å². The van der Waals surface area contributed by atoms with Gasteiger partial charge in [0.05, 0.1) is 74.3 Å². The molecule has 0 bridgehead atoms. The first kappa shape index (κ1) is 87.6. The third-order valence-electron chi connectivity index (χ3n) is 23.7. The largest absolute Gasteiger partial charge is 0.478 e. The van der Waals surface area contributed by atoms with E-state index >= 15 is 0 Å². The summed E-state index contributed by atoms with van der Waals surface area (Å²) < 4.78 is 36.6. The summed E-state index contributed by atoms with van der Waals surface area (Å²) in [5.74, 6) is 2.78. The number of aliphatic hydroxyl groups is 2. The molecular formula is C104H103N13O10S. The van der Waals surface area contributed by atoms with E-state index in [9.17, 15) is 32.7 Å². The normalized spacial score (nSPS) is 16.0. The van der Waals surface area contributed by atoms with Gasteiger partial charge in [0.25, 0.3) is 27.8 Å². The number of para-hydroxylation sites is 8. The minimum atomic E-state index is -3.54. The zero-order valence-corrected chi connectivity index (χ0v) is 72.6. The van der Waals surface area contributed by atoms with Crippen molar-refractivity contribution < 1.29 is 47.1 Å². The molecule has 24 heteroatoms. The summed E-state index contributed by atoms with van der Waals surface area (Å²) in [6, 6.07) is 104. The zero-order valence-electron chi connectivity index (χ0n) is 71.8. The number of carboxylic acid groups (broad SMARTS) is 1. The van der Waals surface area contributed by atoms with Crippen LogP contribution < -0.4 is 5.32 Å². The average molecular weight is 1730 g/mol. The molecule has 0 saturated carbocycles. The number of carboxylic acids is 1. The van der Waals surface area contributed by atoms with E-state index in [4.69, 9.17) is 34.3 Å². The number of β-amino-alcohol motifs (C(OH)–C–C–N with tert-alkyl or cyclic N) is 2. The molecule has 650 valence electrons. The number of aromatic carboxylic acids is 1. The third kappa shape index (κ3) is 21.3. The van der Waals surface area contributed by atoms with Crippen LogP contribution in [0.25, 0.3) is 89.7 Å². The summed E-state index contributed by atoms with van der Waals surface area (Å²) in [5, 5.41) is 30.4. The highest BCUT2D eigenvalue weighted by molar-refractivity contribution is 7.86. The van der Waals surface area contributed by atoms with Crippen LogP contribution in [-0.4, -0.2) is 202 Å². The van der Waals surface area contributed by atoms with Gasteiger partial charge in [0.1, 0.15) is 23.3 Å². The maximum absolute atomic E-state index is 13.0. The van der Waals surface area contributed by atoms with Crippen molar-refractivity contribution in [3.8, 4) is 45.6 Å². The van der Waals surface area contributed by atoms with Crippen molar-refractivity contribution in [1.29, 1.82) is 0 Å². The Morgan fingerprint density at radius 1 is 0.383 bits per heavy atom. The van der Waals surface area contributed by atoms with Crippen LogP contribution >= 0.6 is 0 Å². The number of likely N-dealkylation sites (N-methyl/N-ethyl adjacent to an activating group) is 1. The van der Waals surface area contributed by atoms with Crippen LogP contribution in [-0.2, 0) is 40.5 Å². The topological polar surface area (TPSA) is 269 Å². The van der Waals surface area contributed by atoms with Gasteiger partial charge in [-0.05, 0) is 165 Å². The summed E-state index contributed by atoms with van der Waals surface area (Å²) in [4.78, 5) is 76.7. The van der Waals surface area contributed by atoms with Gasteiger partial charge in [-0.2, -0.15) is 8.42 Å². The Morgan fingerprint density at radius 3 is 0.977 bits per heavy atom. The number of rotatable bonds is 20. The third-order valence-corrected chi connectivity index (χ3v) is 24.3. The Hall–Kier alpha value is -13.9. The van der Waals surface area contributed by atoms with E-state index in [1.807, 2.05) is 223 Å². The standard InChI is InChI=1S/C28H30N4O.C26H25N3O4S.C25H23N3O2.C21H16N2O2.C4H9NO/c1-3-30(2)24-17-18-31(20-24)28(33)23-15-13-21(14-16-23)19-32-26-12-8-7-11-25(26)29-27(32)22-9-5-4-6-10-22;1-34(31,32)33-22-15-16-28(18-22)26(30)21-13-11-19(12-14-21)17-29-24-10-6-5-9-23(24)27-25(29)20-7-3-2-4-8-20;29-21-14-15-27(17-21)25(30)20-12-10-18(11-13-20)16-28-23-9-5-4-8-22(23)26-24(28)19-6-2-1-3-7-19;24-21(25)17-12-10-15(11-13-17)14-23-19-9-5-4-8-18(19)22-20(23)16-6-2-1-3-7-16;6-4-1-2-5-3-4/h4-16,24H,3,17-20H2,1-2H3;2-14,22H,15-18H2,1H3;1-13,21,29H,14-17H2;1-13H,14H2,(H,24,25);4-6H,1-3H2. The van der Waals surface area contributed by atoms with Crippen LogP contribution in [0.2, 0.25) is 0 Å². The predicted octanol–water partition coefficient (Wildman–Crippen LogP) is 16.6. The van der Waals surface area contributed by atoms with Crippen molar-refractivity contribution in [1.82, 2.24) is 63.1 Å². The van der Waals surface area contributed by atoms with Crippen molar-refractivity contribution in [3.63, 3.8) is 0 Å². The highest BCUT2D eigenvalue weighted by Crippen LogP contribution is 2.33. The Morgan fingerprint density at radius 2 is 0.688 bits per heavy atom. The molecule has 20 rings (SSSR count). The van der Waals surface area contributed by atoms with Crippen molar-refractivity contribution in [2.24, 2.45) is 0 Å². The number of benzene rings is 12. The molecule has 4 aromatic heterocycles. The monoisotopic (exact) mass is 1730 g/mol. The van der Waals surface area contributed by atoms with E-state index in [2.05, 4.69) is 127 Å². The number of aromatic nitrogens is 8. The lowest BCUT2D eigenvalue weighted by atomic mass is 10.1. The minimum absolute atomic E-state index is 0.0174. The summed E-state index contributed by atoms with van der Waals surface area (Å²) in [6.45, 7) is 11.0. The maximum atomic E-state index is 13.0. The molecule has 16 aromatic rings. The van der Waals surface area contributed by atoms with Gasteiger partial charge < -0.3 is 58.5 Å². The molecule has 3 amide bonds. The molecule has 8 heterocycles. The van der Waals surface area contributed by atoms with Gasteiger partial charge >= 0.3 is 5.97 Å². The number of imidazole rings is 4. The first-order valence-corrected chi connectivity index (χ1v) is 45.3. The molecule has 0 radical (unpaired) electrons. The molecule has 4 N–H and O–H groups in total. The van der Waals surface area contributed by atoms with Gasteiger partial charge in [-0.15, -0.1) is 0 Å². The van der Waals surface area contributed by atoms with E-state index in [0.29, 0.717) is 81.4 Å². The Bertz CT molecular complexity index is 6610. The van der Waals surface area contributed by atoms with Gasteiger partial charge in [0.2, 0.25) is 0 Å². The lowest BCUT2D eigenvalue weighted by molar-refractivity contribution is 0.0694. The minimum Gasteiger partial charge on any atom is -0.478 e. The van der Waals surface area contributed by atoms with Crippen LogP contribution in [0.15, 0.2) is 315 Å². The van der Waals surface area contributed by atoms with Gasteiger partial charge in [0, 0.05) is 117 Å². The predicted molar refractivity (Wildman–Crippen MR) is 503 cm³/mol. The number of hydrogen-bond acceptors (Lipinski definition) is 15. The highest BCUT2D eigenvalue weighted by atomic mass is 32.2. The number of nitrogens with zero attached hydrogens (tertiary/aromatic N) is 12. The van der Waals surface area contributed by atoms with Crippen molar-refractivity contribution in [2.45, 2.75) is 83.1 Å². The van der Waals surface area contributed by atoms with E-state index in [0.717, 1.165) is 169 Å². The summed E-state index contributed by atoms with van der Waals surface area (Å²) >= 11 is 0. The summed E-state index contributed by atoms with van der Waals surface area (Å²) in [5.41, 5.74) is 19.1. The fourth-order valence-electron chi connectivity index (χ4n) is 16.8. The first-order chi connectivity index (χ1) is 62.3. The molecular weight excluding hydrogens is 1620 g/mol. The summed E-state index contributed by atoms with van der Waals surface area (Å²) in [6.07, 6.45) is 3.22. The Balaban J connectivity index is 0.000000123. The van der Waals surface area contributed by atoms with Crippen LogP contribution in [0, 0.1) is 0 Å². The smallest absolute Gasteiger partial charge is 0.335 e. The second-order valence-corrected chi connectivity index (χ2v) is 34.3. The van der Waals surface area contributed by atoms with Crippen LogP contribution in [0.1, 0.15) is 96.3 Å². The molecule has 12 aromatic carbocycles. The number of nitrogens with one attached hydrogen (secondary N) is 1. The molecule has 23 nitrogen and oxygen atoms in total. The van der Waals surface area contributed by atoms with Crippen molar-refractivity contribution >= 4 is 77.9 Å². The van der Waals surface area contributed by atoms with Crippen LogP contribution in [0.4, 0.5) is 0 Å². The fraction of sp³-hybridized carbons (Fsp3) is 0.231. The lowest BCUT2D eigenvalue weighted by Crippen LogP contribution is -2.36. The Labute approximate surface area is 744 Å². The number of fused-ring (bicyclic) bond motifs is 4. The number of aliphatic hydroxyl groups excluding tert-OH is 2. The van der Waals surface area contributed by atoms with Gasteiger partial charge in [-0.1, -0.05) is 225 Å². The van der Waals surface area contributed by atoms with Gasteiger partial charge in [-0.3, -0.25) is 18.6 Å². The molecule has 0 spiro atoms. The quantitative estimate of drug-likeness (QED) is 0.0517. The van der Waals surface area contributed by atoms with Gasteiger partial charge in [0.15, 0.2) is 0 Å². The highest BCUT2D eigenvalue weighted by Gasteiger charge is 2.32. The number of carbonyl (C=O) groups excluding carboxylic acids is 3. The zero-order chi connectivity index (χ0) is 88.6. The molecule has 4 atom stereocenters. The Kier molecular flexibility index (Phi) is 27.8. The second kappa shape index (κ2) is 40.6. The second-order valence-electron chi connectivity index (χ2n) is 32.7. The van der Waals surface area contributed by atoms with E-state index in [-0.39, 0.29) is 30.4 Å². The molecule has 4 aliphatic rings. The van der Waals surface area contributed by atoms with Gasteiger partial charge in [-0.25, -0.2) is 24.7 Å². The summed E-state index contributed by atoms with van der Waals surface area (Å²) in [7, 11) is -1.40. The van der Waals surface area contributed by atoms with Crippen LogP contribution in [0.5, 0.6) is 0 Å². The number of carbonyl (C=O) groups is 4. The lowest BCUT2D eigenvalue weighted by Gasteiger charge is -2.23.